The molecule has 1 aliphatic carbocycles. The van der Waals surface area contributed by atoms with E-state index in [0.717, 1.165) is 12.8 Å². The van der Waals surface area contributed by atoms with Crippen LogP contribution in [0.5, 0.6) is 11.5 Å². The Hall–Kier alpha value is -1.75. The number of carbonyl (C=O) groups is 1. The number of amides is 1. The van der Waals surface area contributed by atoms with E-state index in [1.54, 1.807) is 19.2 Å². The van der Waals surface area contributed by atoms with Gasteiger partial charge in [-0.1, -0.05) is 13.8 Å². The van der Waals surface area contributed by atoms with Crippen molar-refractivity contribution in [3.05, 3.63) is 23.8 Å². The highest BCUT2D eigenvalue weighted by Gasteiger charge is 2.29. The van der Waals surface area contributed by atoms with Crippen LogP contribution in [0, 0.1) is 5.92 Å². The maximum atomic E-state index is 12.6. The molecule has 0 radical (unpaired) electrons. The first-order valence-electron chi connectivity index (χ1n) is 8.77. The van der Waals surface area contributed by atoms with Crippen LogP contribution in [-0.2, 0) is 0 Å². The summed E-state index contributed by atoms with van der Waals surface area (Å²) in [5.41, 5.74) is 5.95. The van der Waals surface area contributed by atoms with Crippen molar-refractivity contribution in [1.29, 1.82) is 0 Å². The van der Waals surface area contributed by atoms with Crippen LogP contribution in [0.15, 0.2) is 18.2 Å². The van der Waals surface area contributed by atoms with Crippen LogP contribution in [0.2, 0.25) is 0 Å². The lowest BCUT2D eigenvalue weighted by Gasteiger charge is -2.33. The SMILES string of the molecule is COc1cc(C(=O)NC(C)(CN)C(C)C)ccc1OC1CCCC1. The first-order chi connectivity index (χ1) is 11.4. The molecule has 1 fully saturated rings. The Morgan fingerprint density at radius 2 is 2.00 bits per heavy atom. The Balaban J connectivity index is 2.14. The van der Waals surface area contributed by atoms with E-state index < -0.39 is 5.54 Å². The number of ether oxygens (including phenoxy) is 2. The lowest BCUT2D eigenvalue weighted by Crippen LogP contribution is -2.55. The molecule has 0 spiro atoms. The molecule has 1 aromatic rings. The van der Waals surface area contributed by atoms with E-state index in [-0.39, 0.29) is 17.9 Å². The summed E-state index contributed by atoms with van der Waals surface area (Å²) in [6, 6.07) is 5.33. The number of hydrogen-bond donors (Lipinski definition) is 2. The number of benzene rings is 1. The number of hydrogen-bond acceptors (Lipinski definition) is 4. The van der Waals surface area contributed by atoms with E-state index in [2.05, 4.69) is 5.32 Å². The van der Waals surface area contributed by atoms with Gasteiger partial charge in [0.05, 0.1) is 18.8 Å². The normalized spacial score (nSPS) is 17.6. The van der Waals surface area contributed by atoms with Gasteiger partial charge in [0, 0.05) is 12.1 Å². The molecule has 1 atom stereocenters. The molecule has 5 heteroatoms. The minimum atomic E-state index is -0.441. The summed E-state index contributed by atoms with van der Waals surface area (Å²) in [6.45, 7) is 6.44. The van der Waals surface area contributed by atoms with Crippen molar-refractivity contribution >= 4 is 5.91 Å². The van der Waals surface area contributed by atoms with Crippen LogP contribution in [0.25, 0.3) is 0 Å². The minimum absolute atomic E-state index is 0.151. The van der Waals surface area contributed by atoms with Gasteiger partial charge in [-0.2, -0.15) is 0 Å². The molecule has 5 nitrogen and oxygen atoms in total. The lowest BCUT2D eigenvalue weighted by molar-refractivity contribution is 0.0882. The molecular formula is C19H30N2O3. The van der Waals surface area contributed by atoms with Crippen molar-refractivity contribution in [1.82, 2.24) is 5.32 Å². The molecule has 0 bridgehead atoms. The molecule has 2 rings (SSSR count). The second-order valence-corrected chi connectivity index (χ2v) is 7.12. The molecule has 1 unspecified atom stereocenters. The molecule has 3 N–H and O–H groups in total. The van der Waals surface area contributed by atoms with Gasteiger partial charge in [0.15, 0.2) is 11.5 Å². The molecule has 134 valence electrons. The van der Waals surface area contributed by atoms with Crippen molar-refractivity contribution in [2.24, 2.45) is 11.7 Å². The zero-order chi connectivity index (χ0) is 17.7. The average Bonchev–Trinajstić information content (AvgIpc) is 3.07. The first-order valence-corrected chi connectivity index (χ1v) is 8.77. The summed E-state index contributed by atoms with van der Waals surface area (Å²) in [6.07, 6.45) is 4.82. The van der Waals surface area contributed by atoms with E-state index in [1.807, 2.05) is 26.8 Å². The summed E-state index contributed by atoms with van der Waals surface area (Å²) >= 11 is 0. The maximum Gasteiger partial charge on any atom is 0.251 e. The zero-order valence-corrected chi connectivity index (χ0v) is 15.2. The van der Waals surface area contributed by atoms with E-state index in [4.69, 9.17) is 15.2 Å². The highest BCUT2D eigenvalue weighted by molar-refractivity contribution is 5.95. The Morgan fingerprint density at radius 3 is 2.54 bits per heavy atom. The van der Waals surface area contributed by atoms with Crippen molar-refractivity contribution in [3.63, 3.8) is 0 Å². The van der Waals surface area contributed by atoms with Crippen LogP contribution in [0.4, 0.5) is 0 Å². The standard InChI is InChI=1S/C19H30N2O3/c1-13(2)19(3,12-20)21-18(22)14-9-10-16(17(11-14)23-4)24-15-7-5-6-8-15/h9-11,13,15H,5-8,12,20H2,1-4H3,(H,21,22). The molecule has 24 heavy (non-hydrogen) atoms. The van der Waals surface area contributed by atoms with Gasteiger partial charge in [-0.05, 0) is 56.7 Å². The van der Waals surface area contributed by atoms with E-state index in [9.17, 15) is 4.79 Å². The highest BCUT2D eigenvalue weighted by atomic mass is 16.5. The van der Waals surface area contributed by atoms with Gasteiger partial charge < -0.3 is 20.5 Å². The van der Waals surface area contributed by atoms with Crippen molar-refractivity contribution in [2.75, 3.05) is 13.7 Å². The highest BCUT2D eigenvalue weighted by Crippen LogP contribution is 2.32. The fraction of sp³-hybridized carbons (Fsp3) is 0.632. The minimum Gasteiger partial charge on any atom is -0.493 e. The second kappa shape index (κ2) is 7.88. The van der Waals surface area contributed by atoms with Gasteiger partial charge >= 0.3 is 0 Å². The number of carbonyl (C=O) groups excluding carboxylic acids is 1. The predicted molar refractivity (Wildman–Crippen MR) is 95.6 cm³/mol. The Bertz CT molecular complexity index is 568. The summed E-state index contributed by atoms with van der Waals surface area (Å²) in [4.78, 5) is 12.6. The van der Waals surface area contributed by atoms with Crippen LogP contribution in [-0.4, -0.2) is 31.2 Å². The van der Waals surface area contributed by atoms with Gasteiger partial charge in [-0.15, -0.1) is 0 Å². The number of rotatable bonds is 7. The molecule has 1 saturated carbocycles. The van der Waals surface area contributed by atoms with Crippen molar-refractivity contribution in [3.8, 4) is 11.5 Å². The van der Waals surface area contributed by atoms with Crippen LogP contribution >= 0.6 is 0 Å². The summed E-state index contributed by atoms with van der Waals surface area (Å²) < 4.78 is 11.4. The Kier molecular flexibility index (Phi) is 6.10. The molecular weight excluding hydrogens is 304 g/mol. The van der Waals surface area contributed by atoms with Gasteiger partial charge in [-0.25, -0.2) is 0 Å². The van der Waals surface area contributed by atoms with Crippen LogP contribution in [0.3, 0.4) is 0 Å². The third-order valence-electron chi connectivity index (χ3n) is 5.12. The number of nitrogens with two attached hydrogens (primary N) is 1. The van der Waals surface area contributed by atoms with E-state index in [1.165, 1.54) is 12.8 Å². The maximum absolute atomic E-state index is 12.6. The molecule has 0 saturated heterocycles. The Labute approximate surface area is 144 Å². The summed E-state index contributed by atoms with van der Waals surface area (Å²) in [7, 11) is 1.59. The molecule has 1 aromatic carbocycles. The largest absolute Gasteiger partial charge is 0.493 e. The smallest absolute Gasteiger partial charge is 0.251 e. The van der Waals surface area contributed by atoms with Gasteiger partial charge in [0.2, 0.25) is 0 Å². The first kappa shape index (κ1) is 18.6. The number of nitrogens with one attached hydrogen (secondary N) is 1. The third kappa shape index (κ3) is 4.20. The summed E-state index contributed by atoms with van der Waals surface area (Å²) in [5.74, 6) is 1.38. The van der Waals surface area contributed by atoms with E-state index in [0.29, 0.717) is 23.6 Å². The van der Waals surface area contributed by atoms with Crippen LogP contribution < -0.4 is 20.5 Å². The predicted octanol–water partition coefficient (Wildman–Crippen LogP) is 3.12. The zero-order valence-electron chi connectivity index (χ0n) is 15.2. The van der Waals surface area contributed by atoms with Crippen molar-refractivity contribution < 1.29 is 14.3 Å². The second-order valence-electron chi connectivity index (χ2n) is 7.12. The van der Waals surface area contributed by atoms with Gasteiger partial charge in [-0.3, -0.25) is 4.79 Å². The van der Waals surface area contributed by atoms with Crippen LogP contribution in [0.1, 0.15) is 56.8 Å². The quantitative estimate of drug-likeness (QED) is 0.803. The molecule has 0 aromatic heterocycles. The van der Waals surface area contributed by atoms with Gasteiger partial charge in [0.25, 0.3) is 5.91 Å². The molecule has 0 aliphatic heterocycles. The monoisotopic (exact) mass is 334 g/mol. The molecule has 0 heterocycles. The third-order valence-corrected chi connectivity index (χ3v) is 5.12. The fourth-order valence-electron chi connectivity index (χ4n) is 2.85. The summed E-state index contributed by atoms with van der Waals surface area (Å²) in [5, 5.41) is 3.04. The number of methoxy groups -OCH3 is 1. The Morgan fingerprint density at radius 1 is 1.33 bits per heavy atom. The lowest BCUT2D eigenvalue weighted by atomic mass is 9.88. The molecule has 1 amide bonds. The average molecular weight is 334 g/mol. The van der Waals surface area contributed by atoms with Crippen molar-refractivity contribution in [2.45, 2.75) is 58.1 Å². The van der Waals surface area contributed by atoms with Gasteiger partial charge in [0.1, 0.15) is 0 Å². The molecule has 1 aliphatic rings. The van der Waals surface area contributed by atoms with E-state index >= 15 is 0 Å². The topological polar surface area (TPSA) is 73.6 Å². The fourth-order valence-corrected chi connectivity index (χ4v) is 2.85.